The van der Waals surface area contributed by atoms with E-state index in [-0.39, 0.29) is 48.9 Å². The predicted molar refractivity (Wildman–Crippen MR) is 113 cm³/mol. The Morgan fingerprint density at radius 3 is 2.48 bits per heavy atom. The van der Waals surface area contributed by atoms with Crippen LogP contribution in [0.3, 0.4) is 0 Å². The molecule has 2 aromatic carbocycles. The fourth-order valence-electron chi connectivity index (χ4n) is 2.71. The van der Waals surface area contributed by atoms with Gasteiger partial charge in [0.05, 0.1) is 0 Å². The summed E-state index contributed by atoms with van der Waals surface area (Å²) in [6.45, 7) is -0.655. The second kappa shape index (κ2) is 10.4. The molecule has 0 aromatic heterocycles. The van der Waals surface area contributed by atoms with E-state index in [0.717, 1.165) is 5.56 Å². The van der Waals surface area contributed by atoms with E-state index in [2.05, 4.69) is 20.4 Å². The Bertz CT molecular complexity index is 881. The minimum atomic E-state index is -2.96. The average Bonchev–Trinajstić information content (AvgIpc) is 3.11. The first-order valence-electron chi connectivity index (χ1n) is 8.53. The molecule has 0 radical (unpaired) electrons. The van der Waals surface area contributed by atoms with E-state index in [9.17, 15) is 13.2 Å². The third-order valence-electron chi connectivity index (χ3n) is 4.12. The van der Waals surface area contributed by atoms with Gasteiger partial charge < -0.3 is 24.8 Å². The topological polar surface area (TPSA) is 64.1 Å². The van der Waals surface area contributed by atoms with Gasteiger partial charge in [-0.2, -0.15) is 8.78 Å². The number of guanidine groups is 1. The second-order valence-electron chi connectivity index (χ2n) is 6.05. The summed E-state index contributed by atoms with van der Waals surface area (Å²) >= 11 is 0. The molecule has 10 heteroatoms. The summed E-state index contributed by atoms with van der Waals surface area (Å²) in [5.41, 5.74) is 1.90. The molecule has 0 atom stereocenters. The number of aryl methyl sites for hydroxylation is 1. The van der Waals surface area contributed by atoms with Gasteiger partial charge in [0.25, 0.3) is 0 Å². The monoisotopic (exact) mass is 523 g/mol. The van der Waals surface area contributed by atoms with Crippen LogP contribution in [0.1, 0.15) is 16.7 Å². The maximum Gasteiger partial charge on any atom is 0.387 e. The SMILES string of the molecule is CN=C(NCc1ccc(F)c(C)c1)NCc1cc2c(cc1OC(F)F)OCO2.I. The minimum Gasteiger partial charge on any atom is -0.454 e. The van der Waals surface area contributed by atoms with Crippen LogP contribution >= 0.6 is 24.0 Å². The molecule has 29 heavy (non-hydrogen) atoms. The van der Waals surface area contributed by atoms with E-state index in [1.165, 1.54) is 12.1 Å². The Morgan fingerprint density at radius 2 is 1.83 bits per heavy atom. The lowest BCUT2D eigenvalue weighted by atomic mass is 10.1. The number of nitrogens with one attached hydrogen (secondary N) is 2. The van der Waals surface area contributed by atoms with Crippen LogP contribution in [0.2, 0.25) is 0 Å². The predicted octanol–water partition coefficient (Wildman–Crippen LogP) is 3.95. The molecule has 2 N–H and O–H groups in total. The number of hydrogen-bond donors (Lipinski definition) is 2. The highest BCUT2D eigenvalue weighted by Gasteiger charge is 2.20. The molecule has 0 bridgehead atoms. The van der Waals surface area contributed by atoms with E-state index < -0.39 is 6.61 Å². The third kappa shape index (κ3) is 6.05. The van der Waals surface area contributed by atoms with Gasteiger partial charge in [-0.1, -0.05) is 12.1 Å². The van der Waals surface area contributed by atoms with Crippen molar-refractivity contribution in [3.63, 3.8) is 0 Å². The Hall–Kier alpha value is -2.37. The molecule has 0 aliphatic carbocycles. The summed E-state index contributed by atoms with van der Waals surface area (Å²) in [6.07, 6.45) is 0. The van der Waals surface area contributed by atoms with Gasteiger partial charge in [0, 0.05) is 31.8 Å². The van der Waals surface area contributed by atoms with Crippen molar-refractivity contribution in [2.24, 2.45) is 4.99 Å². The van der Waals surface area contributed by atoms with Crippen LogP contribution in [0.15, 0.2) is 35.3 Å². The molecule has 0 spiro atoms. The number of ether oxygens (including phenoxy) is 3. The number of nitrogens with zero attached hydrogens (tertiary/aromatic N) is 1. The van der Waals surface area contributed by atoms with Crippen LogP contribution < -0.4 is 24.8 Å². The highest BCUT2D eigenvalue weighted by molar-refractivity contribution is 14.0. The van der Waals surface area contributed by atoms with E-state index in [0.29, 0.717) is 35.1 Å². The lowest BCUT2D eigenvalue weighted by Crippen LogP contribution is -2.36. The molecule has 0 amide bonds. The molecule has 3 rings (SSSR count). The Labute approximate surface area is 183 Å². The second-order valence-corrected chi connectivity index (χ2v) is 6.05. The summed E-state index contributed by atoms with van der Waals surface area (Å²) in [5.74, 6) is 0.997. The summed E-state index contributed by atoms with van der Waals surface area (Å²) in [4.78, 5) is 4.10. The fourth-order valence-corrected chi connectivity index (χ4v) is 2.71. The Morgan fingerprint density at radius 1 is 1.14 bits per heavy atom. The van der Waals surface area contributed by atoms with Crippen LogP contribution in [0.4, 0.5) is 13.2 Å². The number of hydrogen-bond acceptors (Lipinski definition) is 4. The van der Waals surface area contributed by atoms with Gasteiger partial charge in [-0.05, 0) is 30.2 Å². The van der Waals surface area contributed by atoms with Crippen molar-refractivity contribution < 1.29 is 27.4 Å². The molecule has 0 saturated heterocycles. The Kier molecular flexibility index (Phi) is 8.23. The number of alkyl halides is 2. The van der Waals surface area contributed by atoms with Crippen molar-refractivity contribution in [3.8, 4) is 17.2 Å². The highest BCUT2D eigenvalue weighted by atomic mass is 127. The molecule has 2 aromatic rings. The number of fused-ring (bicyclic) bond motifs is 1. The summed E-state index contributed by atoms with van der Waals surface area (Å²) in [5, 5.41) is 6.12. The average molecular weight is 523 g/mol. The van der Waals surface area contributed by atoms with Gasteiger partial charge in [0.1, 0.15) is 11.6 Å². The first-order chi connectivity index (χ1) is 13.5. The van der Waals surface area contributed by atoms with Gasteiger partial charge in [0.15, 0.2) is 17.5 Å². The molecule has 0 unspecified atom stereocenters. The zero-order valence-corrected chi connectivity index (χ0v) is 18.1. The van der Waals surface area contributed by atoms with Gasteiger partial charge in [-0.25, -0.2) is 4.39 Å². The van der Waals surface area contributed by atoms with Crippen molar-refractivity contribution in [3.05, 3.63) is 52.8 Å². The molecule has 1 heterocycles. The maximum atomic E-state index is 13.4. The molecule has 158 valence electrons. The first-order valence-corrected chi connectivity index (χ1v) is 8.53. The number of benzene rings is 2. The van der Waals surface area contributed by atoms with Crippen LogP contribution in [0.25, 0.3) is 0 Å². The summed E-state index contributed by atoms with van der Waals surface area (Å²) in [6, 6.07) is 7.78. The molecular weight excluding hydrogens is 502 g/mol. The molecule has 6 nitrogen and oxygen atoms in total. The maximum absolute atomic E-state index is 13.4. The molecule has 0 fully saturated rings. The first kappa shape index (κ1) is 22.9. The van der Waals surface area contributed by atoms with E-state index in [4.69, 9.17) is 9.47 Å². The number of aliphatic imine (C=N–C) groups is 1. The van der Waals surface area contributed by atoms with Gasteiger partial charge in [0.2, 0.25) is 6.79 Å². The van der Waals surface area contributed by atoms with Crippen molar-refractivity contribution in [1.29, 1.82) is 0 Å². The van der Waals surface area contributed by atoms with Gasteiger partial charge in [-0.3, -0.25) is 4.99 Å². The summed E-state index contributed by atoms with van der Waals surface area (Å²) < 4.78 is 53.8. The van der Waals surface area contributed by atoms with E-state index in [1.54, 1.807) is 32.2 Å². The van der Waals surface area contributed by atoms with Crippen molar-refractivity contribution in [2.75, 3.05) is 13.8 Å². The highest BCUT2D eigenvalue weighted by Crippen LogP contribution is 2.38. The van der Waals surface area contributed by atoms with Crippen molar-refractivity contribution in [1.82, 2.24) is 10.6 Å². The lowest BCUT2D eigenvalue weighted by molar-refractivity contribution is -0.0505. The summed E-state index contributed by atoms with van der Waals surface area (Å²) in [7, 11) is 1.58. The van der Waals surface area contributed by atoms with Crippen molar-refractivity contribution >= 4 is 29.9 Å². The van der Waals surface area contributed by atoms with Crippen LogP contribution in [-0.4, -0.2) is 26.4 Å². The van der Waals surface area contributed by atoms with Crippen LogP contribution in [-0.2, 0) is 13.1 Å². The lowest BCUT2D eigenvalue weighted by Gasteiger charge is -2.15. The number of rotatable bonds is 6. The zero-order chi connectivity index (χ0) is 20.1. The fraction of sp³-hybridized carbons (Fsp3) is 0.316. The smallest absolute Gasteiger partial charge is 0.387 e. The van der Waals surface area contributed by atoms with E-state index >= 15 is 0 Å². The normalized spacial score (nSPS) is 12.6. The van der Waals surface area contributed by atoms with Crippen molar-refractivity contribution in [2.45, 2.75) is 26.6 Å². The minimum absolute atomic E-state index is 0. The standard InChI is InChI=1S/C19H20F3N3O3.HI/c1-11-5-12(3-4-14(11)20)8-24-19(23-2)25-9-13-6-16-17(27-10-26-16)7-15(13)28-18(21)22;/h3-7,18H,8-10H2,1-2H3,(H2,23,24,25);1H. The number of halogens is 4. The van der Waals surface area contributed by atoms with Gasteiger partial charge >= 0.3 is 6.61 Å². The van der Waals surface area contributed by atoms with E-state index in [1.807, 2.05) is 0 Å². The Balaban J connectivity index is 0.00000300. The van der Waals surface area contributed by atoms with Crippen LogP contribution in [0, 0.1) is 12.7 Å². The largest absolute Gasteiger partial charge is 0.454 e. The quantitative estimate of drug-likeness (QED) is 0.341. The molecule has 1 aliphatic heterocycles. The molecule has 1 aliphatic rings. The molecule has 0 saturated carbocycles. The zero-order valence-electron chi connectivity index (χ0n) is 15.8. The van der Waals surface area contributed by atoms with Gasteiger partial charge in [-0.15, -0.1) is 24.0 Å². The van der Waals surface area contributed by atoms with Crippen LogP contribution in [0.5, 0.6) is 17.2 Å². The third-order valence-corrected chi connectivity index (χ3v) is 4.12. The molecular formula is C19H21F3IN3O3.